The highest BCUT2D eigenvalue weighted by atomic mass is 32.2. The van der Waals surface area contributed by atoms with E-state index in [1.165, 1.54) is 23.5 Å². The Hall–Kier alpha value is -3.24. The minimum absolute atomic E-state index is 0.0111. The van der Waals surface area contributed by atoms with E-state index in [4.69, 9.17) is 9.15 Å². The zero-order chi connectivity index (χ0) is 22.7. The molecule has 0 aliphatic carbocycles. The molecule has 0 aliphatic heterocycles. The second kappa shape index (κ2) is 9.09. The van der Waals surface area contributed by atoms with Crippen molar-refractivity contribution in [3.05, 3.63) is 59.7 Å². The summed E-state index contributed by atoms with van der Waals surface area (Å²) in [6.45, 7) is 0. The molecule has 2 heterocycles. The summed E-state index contributed by atoms with van der Waals surface area (Å²) in [6, 6.07) is 12.0. The quantitative estimate of drug-likeness (QED) is 0.365. The highest BCUT2D eigenvalue weighted by molar-refractivity contribution is 7.91. The largest absolute Gasteiger partial charge is 0.493 e. The van der Waals surface area contributed by atoms with Gasteiger partial charge in [-0.3, -0.25) is 4.79 Å². The third kappa shape index (κ3) is 4.81. The number of methoxy groups -OCH3 is 1. The monoisotopic (exact) mass is 474 g/mol. The first-order chi connectivity index (χ1) is 15.4. The van der Waals surface area contributed by atoms with Crippen LogP contribution in [-0.2, 0) is 14.6 Å². The average molecular weight is 475 g/mol. The Balaban J connectivity index is 1.35. The molecular weight excluding hydrogens is 455 g/mol. The number of fused-ring (bicyclic) bond motifs is 1. The molecule has 4 aromatic rings. The van der Waals surface area contributed by atoms with Crippen LogP contribution in [0.1, 0.15) is 12.8 Å². The van der Waals surface area contributed by atoms with Gasteiger partial charge in [-0.1, -0.05) is 12.1 Å². The van der Waals surface area contributed by atoms with E-state index < -0.39 is 15.7 Å². The maximum Gasteiger partial charge on any atom is 0.226 e. The summed E-state index contributed by atoms with van der Waals surface area (Å²) in [4.78, 5) is 16.6. The van der Waals surface area contributed by atoms with Crippen LogP contribution < -0.4 is 10.1 Å². The molecule has 1 amide bonds. The first-order valence-corrected chi connectivity index (χ1v) is 12.2. The molecular formula is C22H19FN2O5S2. The number of ether oxygens (including phenoxy) is 1. The first-order valence-electron chi connectivity index (χ1n) is 9.66. The number of thiazole rings is 1. The number of para-hydroxylation sites is 1. The SMILES string of the molecule is COc1cccc2cc(-c3csc(NC(=O)CCCS(=O)(=O)c4ccc(F)cc4)n3)oc12. The van der Waals surface area contributed by atoms with Gasteiger partial charge in [0.05, 0.1) is 17.8 Å². The van der Waals surface area contributed by atoms with Crippen molar-refractivity contribution < 1.29 is 26.8 Å². The van der Waals surface area contributed by atoms with Gasteiger partial charge in [0.1, 0.15) is 11.5 Å². The van der Waals surface area contributed by atoms with Crippen LogP contribution in [0.4, 0.5) is 9.52 Å². The van der Waals surface area contributed by atoms with E-state index in [9.17, 15) is 17.6 Å². The Morgan fingerprint density at radius 1 is 1.22 bits per heavy atom. The van der Waals surface area contributed by atoms with Gasteiger partial charge in [-0.15, -0.1) is 11.3 Å². The van der Waals surface area contributed by atoms with Gasteiger partial charge in [-0.2, -0.15) is 0 Å². The summed E-state index contributed by atoms with van der Waals surface area (Å²) < 4.78 is 48.7. The van der Waals surface area contributed by atoms with Crippen molar-refractivity contribution in [1.29, 1.82) is 0 Å². The van der Waals surface area contributed by atoms with Crippen molar-refractivity contribution in [3.8, 4) is 17.2 Å². The number of carbonyl (C=O) groups is 1. The van der Waals surface area contributed by atoms with Gasteiger partial charge in [-0.05, 0) is 42.8 Å². The van der Waals surface area contributed by atoms with E-state index >= 15 is 0 Å². The number of sulfone groups is 1. The van der Waals surface area contributed by atoms with Crippen molar-refractivity contribution >= 4 is 43.2 Å². The molecule has 2 aromatic carbocycles. The van der Waals surface area contributed by atoms with Crippen LogP contribution in [0.5, 0.6) is 5.75 Å². The number of furan rings is 1. The number of anilines is 1. The summed E-state index contributed by atoms with van der Waals surface area (Å²) in [7, 11) is -2.01. The molecule has 0 saturated carbocycles. The maximum absolute atomic E-state index is 13.0. The molecule has 2 aromatic heterocycles. The van der Waals surface area contributed by atoms with Crippen molar-refractivity contribution in [2.75, 3.05) is 18.2 Å². The summed E-state index contributed by atoms with van der Waals surface area (Å²) in [6.07, 6.45) is 0.143. The summed E-state index contributed by atoms with van der Waals surface area (Å²) in [5, 5.41) is 5.71. The van der Waals surface area contributed by atoms with Crippen LogP contribution in [0.2, 0.25) is 0 Å². The number of nitrogens with zero attached hydrogens (tertiary/aromatic N) is 1. The van der Waals surface area contributed by atoms with Gasteiger partial charge in [-0.25, -0.2) is 17.8 Å². The number of benzene rings is 2. The molecule has 0 saturated heterocycles. The Kier molecular flexibility index (Phi) is 6.24. The van der Waals surface area contributed by atoms with E-state index in [1.54, 1.807) is 18.6 Å². The lowest BCUT2D eigenvalue weighted by atomic mass is 10.2. The van der Waals surface area contributed by atoms with Crippen molar-refractivity contribution in [3.63, 3.8) is 0 Å². The lowest BCUT2D eigenvalue weighted by Gasteiger charge is -2.04. The van der Waals surface area contributed by atoms with E-state index in [1.807, 2.05) is 18.2 Å². The van der Waals surface area contributed by atoms with Crippen LogP contribution in [0.3, 0.4) is 0 Å². The third-order valence-electron chi connectivity index (χ3n) is 4.72. The van der Waals surface area contributed by atoms with E-state index in [-0.39, 0.29) is 29.4 Å². The van der Waals surface area contributed by atoms with Crippen molar-refractivity contribution in [1.82, 2.24) is 4.98 Å². The number of halogens is 1. The molecule has 0 radical (unpaired) electrons. The molecule has 32 heavy (non-hydrogen) atoms. The highest BCUT2D eigenvalue weighted by Gasteiger charge is 2.17. The Bertz CT molecular complexity index is 1360. The fraction of sp³-hybridized carbons (Fsp3) is 0.182. The van der Waals surface area contributed by atoms with Crippen LogP contribution >= 0.6 is 11.3 Å². The third-order valence-corrected chi connectivity index (χ3v) is 7.29. The average Bonchev–Trinajstić information content (AvgIpc) is 3.40. The molecule has 0 aliphatic rings. The Morgan fingerprint density at radius 3 is 2.75 bits per heavy atom. The van der Waals surface area contributed by atoms with Crippen LogP contribution in [-0.4, -0.2) is 32.2 Å². The number of hydrogen-bond acceptors (Lipinski definition) is 7. The molecule has 0 unspecified atom stereocenters. The molecule has 0 fully saturated rings. The number of nitrogens with one attached hydrogen (secondary N) is 1. The van der Waals surface area contributed by atoms with Crippen molar-refractivity contribution in [2.24, 2.45) is 0 Å². The van der Waals surface area contributed by atoms with Gasteiger partial charge in [0.2, 0.25) is 5.91 Å². The minimum atomic E-state index is -3.58. The summed E-state index contributed by atoms with van der Waals surface area (Å²) in [5.74, 6) is 0.106. The first kappa shape index (κ1) is 22.0. The standard InChI is InChI=1S/C22H19FN2O5S2/c1-29-18-5-2-4-14-12-19(30-21(14)18)17-13-31-22(24-17)25-20(26)6-3-11-32(27,28)16-9-7-15(23)8-10-16/h2,4-5,7-10,12-13H,3,6,11H2,1H3,(H,24,25,26). The molecule has 166 valence electrons. The van der Waals surface area contributed by atoms with Crippen LogP contribution in [0, 0.1) is 5.82 Å². The van der Waals surface area contributed by atoms with Crippen molar-refractivity contribution in [2.45, 2.75) is 17.7 Å². The maximum atomic E-state index is 13.0. The summed E-state index contributed by atoms with van der Waals surface area (Å²) >= 11 is 1.24. The second-order valence-electron chi connectivity index (χ2n) is 6.95. The Labute approximate surface area is 187 Å². The van der Waals surface area contributed by atoms with Gasteiger partial charge in [0.15, 0.2) is 32.1 Å². The van der Waals surface area contributed by atoms with Gasteiger partial charge < -0.3 is 14.5 Å². The molecule has 7 nitrogen and oxygen atoms in total. The molecule has 0 atom stereocenters. The molecule has 0 bridgehead atoms. The topological polar surface area (TPSA) is 98.5 Å². The predicted octanol–water partition coefficient (Wildman–Crippen LogP) is 4.90. The normalized spacial score (nSPS) is 11.6. The molecule has 1 N–H and O–H groups in total. The second-order valence-corrected chi connectivity index (χ2v) is 9.92. The van der Waals surface area contributed by atoms with Gasteiger partial charge in [0.25, 0.3) is 0 Å². The number of amides is 1. The van der Waals surface area contributed by atoms with E-state index in [0.717, 1.165) is 17.5 Å². The van der Waals surface area contributed by atoms with E-state index in [0.29, 0.717) is 27.9 Å². The number of hydrogen-bond donors (Lipinski definition) is 1. The zero-order valence-corrected chi connectivity index (χ0v) is 18.6. The molecule has 0 spiro atoms. The zero-order valence-electron chi connectivity index (χ0n) is 17.0. The predicted molar refractivity (Wildman–Crippen MR) is 120 cm³/mol. The summed E-state index contributed by atoms with van der Waals surface area (Å²) in [5.41, 5.74) is 1.19. The number of carbonyl (C=O) groups excluding carboxylic acids is 1. The molecule has 4 rings (SSSR count). The minimum Gasteiger partial charge on any atom is -0.493 e. The van der Waals surface area contributed by atoms with Gasteiger partial charge in [0, 0.05) is 17.2 Å². The van der Waals surface area contributed by atoms with Gasteiger partial charge >= 0.3 is 0 Å². The highest BCUT2D eigenvalue weighted by Crippen LogP contribution is 2.34. The number of rotatable bonds is 8. The molecule has 10 heteroatoms. The number of aromatic nitrogens is 1. The smallest absolute Gasteiger partial charge is 0.226 e. The lowest BCUT2D eigenvalue weighted by molar-refractivity contribution is -0.116. The Morgan fingerprint density at radius 2 is 2.00 bits per heavy atom. The van der Waals surface area contributed by atoms with Crippen LogP contribution in [0.15, 0.2) is 63.2 Å². The fourth-order valence-electron chi connectivity index (χ4n) is 3.13. The lowest BCUT2D eigenvalue weighted by Crippen LogP contribution is -2.14. The van der Waals surface area contributed by atoms with E-state index in [2.05, 4.69) is 10.3 Å². The van der Waals surface area contributed by atoms with Crippen LogP contribution in [0.25, 0.3) is 22.4 Å². The fourth-order valence-corrected chi connectivity index (χ4v) is 5.16.